The molecular formula is C5H6N2S2. The number of thiocarbonyl (C=S) groups is 1. The van der Waals surface area contributed by atoms with Crippen LogP contribution in [0, 0.1) is 6.92 Å². The lowest BCUT2D eigenvalue weighted by Crippen LogP contribution is -1.81. The summed E-state index contributed by atoms with van der Waals surface area (Å²) in [5.74, 6) is 0.840. The Morgan fingerprint density at radius 2 is 2.56 bits per heavy atom. The van der Waals surface area contributed by atoms with Crippen molar-refractivity contribution in [2.45, 2.75) is 13.3 Å². The van der Waals surface area contributed by atoms with Crippen molar-refractivity contribution in [2.24, 2.45) is 0 Å². The molecule has 0 spiro atoms. The molecule has 1 heterocycles. The van der Waals surface area contributed by atoms with Crippen LogP contribution in [0.4, 0.5) is 0 Å². The van der Waals surface area contributed by atoms with Gasteiger partial charge in [0.1, 0.15) is 10.8 Å². The van der Waals surface area contributed by atoms with Crippen LogP contribution in [0.5, 0.6) is 0 Å². The van der Waals surface area contributed by atoms with Gasteiger partial charge in [-0.1, -0.05) is 12.2 Å². The Labute approximate surface area is 63.1 Å². The van der Waals surface area contributed by atoms with E-state index in [2.05, 4.69) is 21.6 Å². The first-order valence-corrected chi connectivity index (χ1v) is 3.80. The standard InChI is InChI=1S/C5H6N2S2/c1-4-6-5(2-3-8)9-7-4/h3H,2H2,1H3. The van der Waals surface area contributed by atoms with Crippen LogP contribution in [-0.4, -0.2) is 14.7 Å². The summed E-state index contributed by atoms with van der Waals surface area (Å²) in [4.78, 5) is 4.11. The molecule has 0 atom stereocenters. The molecule has 0 aliphatic heterocycles. The summed E-state index contributed by atoms with van der Waals surface area (Å²) < 4.78 is 4.00. The van der Waals surface area contributed by atoms with E-state index in [4.69, 9.17) is 0 Å². The van der Waals surface area contributed by atoms with E-state index in [9.17, 15) is 0 Å². The highest BCUT2D eigenvalue weighted by Gasteiger charge is 1.95. The molecule has 1 aromatic heterocycles. The van der Waals surface area contributed by atoms with Crippen LogP contribution in [0.2, 0.25) is 0 Å². The average molecular weight is 158 g/mol. The molecule has 9 heavy (non-hydrogen) atoms. The predicted molar refractivity (Wildman–Crippen MR) is 42.0 cm³/mol. The first-order chi connectivity index (χ1) is 4.33. The Bertz CT molecular complexity index is 206. The van der Waals surface area contributed by atoms with E-state index in [0.29, 0.717) is 0 Å². The molecule has 0 aromatic carbocycles. The third-order valence-corrected chi connectivity index (χ3v) is 1.82. The normalized spacial score (nSPS) is 9.44. The minimum atomic E-state index is 0.765. The number of aryl methyl sites for hydroxylation is 1. The summed E-state index contributed by atoms with van der Waals surface area (Å²) in [7, 11) is 0. The number of nitrogens with zero attached hydrogens (tertiary/aromatic N) is 2. The van der Waals surface area contributed by atoms with Crippen LogP contribution >= 0.6 is 23.8 Å². The number of hydrogen-bond acceptors (Lipinski definition) is 4. The smallest absolute Gasteiger partial charge is 0.139 e. The van der Waals surface area contributed by atoms with Gasteiger partial charge >= 0.3 is 0 Å². The second-order valence-corrected chi connectivity index (χ2v) is 2.78. The minimum Gasteiger partial charge on any atom is -0.225 e. The zero-order valence-corrected chi connectivity index (χ0v) is 6.63. The summed E-state index contributed by atoms with van der Waals surface area (Å²) in [6.07, 6.45) is 0.765. The van der Waals surface area contributed by atoms with Gasteiger partial charge in [-0.15, -0.1) is 0 Å². The maximum atomic E-state index is 4.66. The van der Waals surface area contributed by atoms with Crippen LogP contribution < -0.4 is 0 Å². The number of aromatic nitrogens is 2. The highest BCUT2D eigenvalue weighted by Crippen LogP contribution is 2.02. The Hall–Kier alpha value is -0.350. The summed E-state index contributed by atoms with van der Waals surface area (Å²) in [6.45, 7) is 1.88. The molecule has 0 saturated carbocycles. The van der Waals surface area contributed by atoms with Gasteiger partial charge in [0.05, 0.1) is 0 Å². The summed E-state index contributed by atoms with van der Waals surface area (Å²) in [5, 5.41) is 2.67. The van der Waals surface area contributed by atoms with Crippen LogP contribution in [0.1, 0.15) is 10.8 Å². The summed E-state index contributed by atoms with van der Waals surface area (Å²) in [5.41, 5.74) is 0. The van der Waals surface area contributed by atoms with Crippen LogP contribution in [0.15, 0.2) is 0 Å². The van der Waals surface area contributed by atoms with Crippen molar-refractivity contribution in [3.05, 3.63) is 10.8 Å². The maximum absolute atomic E-state index is 4.66. The molecule has 0 fully saturated rings. The third kappa shape index (κ3) is 1.80. The molecule has 0 aliphatic carbocycles. The molecule has 0 unspecified atom stereocenters. The minimum absolute atomic E-state index is 0.765. The first-order valence-electron chi connectivity index (χ1n) is 2.56. The fraction of sp³-hybridized carbons (Fsp3) is 0.400. The number of hydrogen-bond donors (Lipinski definition) is 0. The highest BCUT2D eigenvalue weighted by atomic mass is 32.1. The van der Waals surface area contributed by atoms with Crippen LogP contribution in [0.25, 0.3) is 0 Å². The Morgan fingerprint density at radius 1 is 1.78 bits per heavy atom. The molecule has 0 radical (unpaired) electrons. The van der Waals surface area contributed by atoms with Gasteiger partial charge in [0.2, 0.25) is 0 Å². The predicted octanol–water partition coefficient (Wildman–Crippen LogP) is 1.39. The molecule has 4 heteroatoms. The van der Waals surface area contributed by atoms with Crippen molar-refractivity contribution >= 4 is 29.1 Å². The van der Waals surface area contributed by atoms with E-state index in [-0.39, 0.29) is 0 Å². The van der Waals surface area contributed by atoms with Gasteiger partial charge in [-0.25, -0.2) is 4.98 Å². The average Bonchev–Trinajstić information content (AvgIpc) is 2.17. The van der Waals surface area contributed by atoms with Crippen molar-refractivity contribution < 1.29 is 0 Å². The monoisotopic (exact) mass is 158 g/mol. The van der Waals surface area contributed by atoms with Gasteiger partial charge in [-0.3, -0.25) is 0 Å². The maximum Gasteiger partial charge on any atom is 0.139 e. The van der Waals surface area contributed by atoms with Crippen molar-refractivity contribution in [1.82, 2.24) is 9.36 Å². The molecule has 0 N–H and O–H groups in total. The fourth-order valence-electron chi connectivity index (χ4n) is 0.494. The fourth-order valence-corrected chi connectivity index (χ4v) is 1.37. The largest absolute Gasteiger partial charge is 0.225 e. The zero-order valence-electron chi connectivity index (χ0n) is 5.00. The molecule has 0 bridgehead atoms. The second-order valence-electron chi connectivity index (χ2n) is 1.61. The van der Waals surface area contributed by atoms with Gasteiger partial charge in [0.25, 0.3) is 0 Å². The number of rotatable bonds is 2. The second kappa shape index (κ2) is 2.98. The molecule has 0 amide bonds. The van der Waals surface area contributed by atoms with Gasteiger partial charge in [0, 0.05) is 6.42 Å². The highest BCUT2D eigenvalue weighted by molar-refractivity contribution is 7.79. The van der Waals surface area contributed by atoms with Crippen molar-refractivity contribution in [3.8, 4) is 0 Å². The van der Waals surface area contributed by atoms with Gasteiger partial charge in [-0.05, 0) is 23.8 Å². The molecule has 1 aromatic rings. The quantitative estimate of drug-likeness (QED) is 0.608. The van der Waals surface area contributed by atoms with Gasteiger partial charge in [0.15, 0.2) is 0 Å². The van der Waals surface area contributed by atoms with Crippen molar-refractivity contribution in [3.63, 3.8) is 0 Å². The van der Waals surface area contributed by atoms with E-state index in [0.717, 1.165) is 17.3 Å². The first kappa shape index (κ1) is 6.77. The summed E-state index contributed by atoms with van der Waals surface area (Å²) >= 11 is 6.07. The van der Waals surface area contributed by atoms with Gasteiger partial charge < -0.3 is 0 Å². The van der Waals surface area contributed by atoms with Crippen molar-refractivity contribution in [1.29, 1.82) is 0 Å². The Balaban J connectivity index is 2.72. The lowest BCUT2D eigenvalue weighted by molar-refractivity contribution is 1.12. The van der Waals surface area contributed by atoms with Gasteiger partial charge in [-0.2, -0.15) is 4.37 Å². The molecule has 1 rings (SSSR count). The molecular weight excluding hydrogens is 152 g/mol. The lowest BCUT2D eigenvalue weighted by Gasteiger charge is -1.78. The van der Waals surface area contributed by atoms with E-state index >= 15 is 0 Å². The third-order valence-electron chi connectivity index (χ3n) is 0.828. The van der Waals surface area contributed by atoms with E-state index in [1.165, 1.54) is 11.5 Å². The topological polar surface area (TPSA) is 25.8 Å². The SMILES string of the molecule is Cc1nsc(CC=S)n1. The van der Waals surface area contributed by atoms with Crippen LogP contribution in [-0.2, 0) is 6.42 Å². The van der Waals surface area contributed by atoms with E-state index in [1.807, 2.05) is 6.92 Å². The molecule has 2 nitrogen and oxygen atoms in total. The molecule has 0 aliphatic rings. The van der Waals surface area contributed by atoms with Crippen molar-refractivity contribution in [2.75, 3.05) is 0 Å². The summed E-state index contributed by atoms with van der Waals surface area (Å²) in [6, 6.07) is 0. The zero-order chi connectivity index (χ0) is 6.69. The molecule has 48 valence electrons. The lowest BCUT2D eigenvalue weighted by atomic mass is 10.5. The molecule has 0 saturated heterocycles. The van der Waals surface area contributed by atoms with Crippen LogP contribution in [0.3, 0.4) is 0 Å². The Kier molecular flexibility index (Phi) is 2.24. The van der Waals surface area contributed by atoms with E-state index in [1.54, 1.807) is 5.37 Å². The van der Waals surface area contributed by atoms with E-state index < -0.39 is 0 Å². The Morgan fingerprint density at radius 3 is 3.00 bits per heavy atom.